The Balaban J connectivity index is 1.46. The van der Waals surface area contributed by atoms with E-state index in [0.29, 0.717) is 35.4 Å². The summed E-state index contributed by atoms with van der Waals surface area (Å²) < 4.78 is 18.6. The molecule has 9 heteroatoms. The quantitative estimate of drug-likeness (QED) is 0.586. The van der Waals surface area contributed by atoms with Gasteiger partial charge in [0.15, 0.2) is 0 Å². The van der Waals surface area contributed by atoms with Crippen LogP contribution in [0.15, 0.2) is 22.7 Å². The van der Waals surface area contributed by atoms with Crippen molar-refractivity contribution in [1.29, 1.82) is 0 Å². The van der Waals surface area contributed by atoms with Crippen molar-refractivity contribution >= 4 is 34.4 Å². The van der Waals surface area contributed by atoms with Crippen LogP contribution in [0.4, 0.5) is 10.2 Å². The van der Waals surface area contributed by atoms with Crippen LogP contribution in [0.1, 0.15) is 43.8 Å². The number of hydrogen-bond donors (Lipinski definition) is 1. The van der Waals surface area contributed by atoms with Gasteiger partial charge in [0.25, 0.3) is 5.71 Å². The van der Waals surface area contributed by atoms with Gasteiger partial charge in [-0.15, -0.1) is 0 Å². The van der Waals surface area contributed by atoms with E-state index in [1.165, 1.54) is 18.6 Å². The Morgan fingerprint density at radius 2 is 2.03 bits per heavy atom. The minimum Gasteiger partial charge on any atom is -0.355 e. The molecule has 4 rings (SSSR count). The van der Waals surface area contributed by atoms with Gasteiger partial charge < -0.3 is 14.7 Å². The minimum atomic E-state index is -0.409. The highest BCUT2D eigenvalue weighted by atomic mass is 35.5. The first kappa shape index (κ1) is 22.5. The number of anilines is 1. The molecule has 0 saturated carbocycles. The number of fused-ring (bicyclic) bond motifs is 1. The van der Waals surface area contributed by atoms with E-state index in [1.807, 2.05) is 6.92 Å². The average Bonchev–Trinajstić information content (AvgIpc) is 3.11. The van der Waals surface area contributed by atoms with Gasteiger partial charge in [-0.1, -0.05) is 36.7 Å². The molecule has 1 aliphatic heterocycles. The first-order valence-electron chi connectivity index (χ1n) is 10.9. The molecule has 1 aromatic carbocycles. The molecular weight excluding hydrogens is 433 g/mol. The van der Waals surface area contributed by atoms with E-state index in [1.54, 1.807) is 6.07 Å². The SMILES string of the molecule is Cc1noc2nc(CCC(=O)NCc3ccc(F)cc3Cl)nc(N3CC(C)CC(C)C3)c12. The Bertz CT molecular complexity index is 1130. The van der Waals surface area contributed by atoms with Gasteiger partial charge in [0.1, 0.15) is 22.8 Å². The molecule has 0 aliphatic carbocycles. The van der Waals surface area contributed by atoms with Crippen LogP contribution in [-0.2, 0) is 17.8 Å². The summed E-state index contributed by atoms with van der Waals surface area (Å²) in [6.45, 7) is 8.45. The van der Waals surface area contributed by atoms with E-state index >= 15 is 0 Å². The van der Waals surface area contributed by atoms with Crippen molar-refractivity contribution in [3.63, 3.8) is 0 Å². The van der Waals surface area contributed by atoms with Crippen LogP contribution in [0.2, 0.25) is 5.02 Å². The van der Waals surface area contributed by atoms with Crippen LogP contribution in [0.5, 0.6) is 0 Å². The zero-order valence-electron chi connectivity index (χ0n) is 18.5. The molecule has 1 amide bonds. The fourth-order valence-electron chi connectivity index (χ4n) is 4.36. The van der Waals surface area contributed by atoms with Crippen molar-refractivity contribution in [2.45, 2.75) is 46.6 Å². The van der Waals surface area contributed by atoms with Crippen LogP contribution in [-0.4, -0.2) is 34.1 Å². The Morgan fingerprint density at radius 3 is 2.75 bits per heavy atom. The number of aryl methyl sites for hydroxylation is 2. The summed E-state index contributed by atoms with van der Waals surface area (Å²) in [4.78, 5) is 24.0. The number of rotatable bonds is 6. The average molecular weight is 460 g/mol. The van der Waals surface area contributed by atoms with E-state index in [2.05, 4.69) is 34.2 Å². The maximum atomic E-state index is 13.2. The number of piperidine rings is 1. The molecule has 0 radical (unpaired) electrons. The summed E-state index contributed by atoms with van der Waals surface area (Å²) in [7, 11) is 0. The third kappa shape index (κ3) is 5.01. The molecule has 0 bridgehead atoms. The molecule has 32 heavy (non-hydrogen) atoms. The minimum absolute atomic E-state index is 0.162. The van der Waals surface area contributed by atoms with Crippen molar-refractivity contribution < 1.29 is 13.7 Å². The summed E-state index contributed by atoms with van der Waals surface area (Å²) in [5, 5.41) is 8.02. The summed E-state index contributed by atoms with van der Waals surface area (Å²) in [5.41, 5.74) is 1.88. The first-order chi connectivity index (χ1) is 15.3. The van der Waals surface area contributed by atoms with Crippen molar-refractivity contribution in [1.82, 2.24) is 20.4 Å². The normalized spacial score (nSPS) is 18.8. The zero-order chi connectivity index (χ0) is 22.8. The molecule has 1 aliphatic rings. The summed E-state index contributed by atoms with van der Waals surface area (Å²) >= 11 is 6.02. The van der Waals surface area contributed by atoms with Crippen LogP contribution >= 0.6 is 11.6 Å². The number of nitrogens with one attached hydrogen (secondary N) is 1. The number of carbonyl (C=O) groups is 1. The number of halogens is 2. The van der Waals surface area contributed by atoms with Crippen molar-refractivity contribution in [2.75, 3.05) is 18.0 Å². The number of hydrogen-bond acceptors (Lipinski definition) is 6. The molecule has 2 atom stereocenters. The Kier molecular flexibility index (Phi) is 6.60. The molecule has 1 saturated heterocycles. The lowest BCUT2D eigenvalue weighted by molar-refractivity contribution is -0.121. The highest BCUT2D eigenvalue weighted by Crippen LogP contribution is 2.32. The summed E-state index contributed by atoms with van der Waals surface area (Å²) in [6, 6.07) is 4.11. The lowest BCUT2D eigenvalue weighted by atomic mass is 9.92. The van der Waals surface area contributed by atoms with Gasteiger partial charge in [0.05, 0.1) is 5.69 Å². The maximum Gasteiger partial charge on any atom is 0.263 e. The topological polar surface area (TPSA) is 84.1 Å². The fraction of sp³-hybridized carbons (Fsp3) is 0.478. The molecule has 0 spiro atoms. The molecule has 2 aromatic heterocycles. The van der Waals surface area contributed by atoms with Gasteiger partial charge in [0.2, 0.25) is 5.91 Å². The van der Waals surface area contributed by atoms with Gasteiger partial charge in [0, 0.05) is 37.5 Å². The lowest BCUT2D eigenvalue weighted by Gasteiger charge is -2.36. The molecule has 2 unspecified atom stereocenters. The van der Waals surface area contributed by atoms with Gasteiger partial charge in [-0.3, -0.25) is 4.79 Å². The Morgan fingerprint density at radius 1 is 1.28 bits per heavy atom. The van der Waals surface area contributed by atoms with E-state index in [-0.39, 0.29) is 23.9 Å². The second kappa shape index (κ2) is 9.40. The number of carbonyl (C=O) groups excluding carboxylic acids is 1. The molecule has 7 nitrogen and oxygen atoms in total. The second-order valence-corrected chi connectivity index (χ2v) is 9.18. The predicted molar refractivity (Wildman–Crippen MR) is 121 cm³/mol. The lowest BCUT2D eigenvalue weighted by Crippen LogP contribution is -2.39. The van der Waals surface area contributed by atoms with Crippen LogP contribution < -0.4 is 10.2 Å². The molecule has 1 fully saturated rings. The largest absolute Gasteiger partial charge is 0.355 e. The Hall–Kier alpha value is -2.74. The zero-order valence-corrected chi connectivity index (χ0v) is 19.2. The smallest absolute Gasteiger partial charge is 0.263 e. The van der Waals surface area contributed by atoms with Crippen LogP contribution in [0.25, 0.3) is 11.1 Å². The van der Waals surface area contributed by atoms with E-state index in [4.69, 9.17) is 21.1 Å². The van der Waals surface area contributed by atoms with Crippen molar-refractivity contribution in [3.05, 3.63) is 46.1 Å². The van der Waals surface area contributed by atoms with Crippen molar-refractivity contribution in [3.8, 4) is 0 Å². The van der Waals surface area contributed by atoms with Crippen molar-refractivity contribution in [2.24, 2.45) is 11.8 Å². The number of aromatic nitrogens is 3. The number of benzene rings is 1. The third-order valence-corrected chi connectivity index (χ3v) is 6.12. The Labute approximate surface area is 191 Å². The monoisotopic (exact) mass is 459 g/mol. The van der Waals surface area contributed by atoms with Gasteiger partial charge in [-0.2, -0.15) is 4.98 Å². The predicted octanol–water partition coefficient (Wildman–Crippen LogP) is 4.45. The van der Waals surface area contributed by atoms with E-state index < -0.39 is 5.82 Å². The number of amides is 1. The van der Waals surface area contributed by atoms with E-state index in [9.17, 15) is 9.18 Å². The second-order valence-electron chi connectivity index (χ2n) is 8.78. The van der Waals surface area contributed by atoms with Crippen LogP contribution in [0.3, 0.4) is 0 Å². The molecule has 3 heterocycles. The standard InChI is InChI=1S/C23H27ClFN5O2/c1-13-8-14(2)12-30(11-13)22-21-15(3)29-32-23(21)28-19(27-22)6-7-20(31)26-10-16-4-5-17(25)9-18(16)24/h4-5,9,13-14H,6-8,10-12H2,1-3H3,(H,26,31). The van der Waals surface area contributed by atoms with Gasteiger partial charge in [-0.05, 0) is 42.9 Å². The maximum absolute atomic E-state index is 13.2. The summed E-state index contributed by atoms with van der Waals surface area (Å²) in [5.74, 6) is 1.94. The first-order valence-corrected chi connectivity index (χ1v) is 11.3. The van der Waals surface area contributed by atoms with E-state index in [0.717, 1.165) is 30.0 Å². The third-order valence-electron chi connectivity index (χ3n) is 5.77. The molecular formula is C23H27ClFN5O2. The van der Waals surface area contributed by atoms with Gasteiger partial charge >= 0.3 is 0 Å². The molecule has 1 N–H and O–H groups in total. The highest BCUT2D eigenvalue weighted by molar-refractivity contribution is 6.31. The molecule has 3 aromatic rings. The van der Waals surface area contributed by atoms with Crippen LogP contribution in [0, 0.1) is 24.6 Å². The fourth-order valence-corrected chi connectivity index (χ4v) is 4.59. The van der Waals surface area contributed by atoms with Gasteiger partial charge in [-0.25, -0.2) is 9.37 Å². The molecule has 170 valence electrons. The summed E-state index contributed by atoms with van der Waals surface area (Å²) in [6.07, 6.45) is 1.77. The number of nitrogens with zero attached hydrogens (tertiary/aromatic N) is 4. The highest BCUT2D eigenvalue weighted by Gasteiger charge is 2.27.